The molecule has 2 aromatic carbocycles. The molecule has 2 rings (SSSR count). The molecule has 146 valence electrons. The van der Waals surface area contributed by atoms with Crippen molar-refractivity contribution in [3.8, 4) is 17.2 Å². The third kappa shape index (κ3) is 6.20. The number of hydrogen-bond donors (Lipinski definition) is 1. The molecule has 5 heteroatoms. The number of aryl methyl sites for hydroxylation is 1. The predicted molar refractivity (Wildman–Crippen MR) is 107 cm³/mol. The van der Waals surface area contributed by atoms with E-state index in [-0.39, 0.29) is 18.6 Å². The zero-order valence-electron chi connectivity index (χ0n) is 16.6. The van der Waals surface area contributed by atoms with Gasteiger partial charge >= 0.3 is 0 Å². The van der Waals surface area contributed by atoms with Gasteiger partial charge in [-0.2, -0.15) is 0 Å². The third-order valence-electron chi connectivity index (χ3n) is 4.15. The molecule has 0 fully saturated rings. The first-order valence-corrected chi connectivity index (χ1v) is 9.48. The van der Waals surface area contributed by atoms with Gasteiger partial charge in [-0.3, -0.25) is 4.79 Å². The minimum absolute atomic E-state index is 0.0227. The molecule has 0 saturated carbocycles. The van der Waals surface area contributed by atoms with E-state index < -0.39 is 0 Å². The molecule has 1 atom stereocenters. The maximum atomic E-state index is 12.2. The minimum Gasteiger partial charge on any atom is -0.490 e. The first-order chi connectivity index (χ1) is 13.1. The van der Waals surface area contributed by atoms with Crippen LogP contribution in [0.4, 0.5) is 0 Å². The number of benzene rings is 2. The van der Waals surface area contributed by atoms with E-state index >= 15 is 0 Å². The second-order valence-electron chi connectivity index (χ2n) is 6.15. The first kappa shape index (κ1) is 20.6. The van der Waals surface area contributed by atoms with E-state index in [1.165, 1.54) is 5.56 Å². The lowest BCUT2D eigenvalue weighted by molar-refractivity contribution is -0.123. The lowest BCUT2D eigenvalue weighted by Crippen LogP contribution is -2.31. The number of carbonyl (C=O) groups excluding carboxylic acids is 1. The Hall–Kier alpha value is -2.69. The number of nitrogens with one attached hydrogen (secondary N) is 1. The van der Waals surface area contributed by atoms with Crippen LogP contribution in [0.15, 0.2) is 42.5 Å². The SMILES string of the molecule is CCOc1ccc([C@H](C)NC(=O)COc2ccc(CC)cc2)cc1OCC. The summed E-state index contributed by atoms with van der Waals surface area (Å²) in [7, 11) is 0. The van der Waals surface area contributed by atoms with Gasteiger partial charge in [0.05, 0.1) is 19.3 Å². The monoisotopic (exact) mass is 371 g/mol. The third-order valence-corrected chi connectivity index (χ3v) is 4.15. The Morgan fingerprint density at radius 2 is 1.59 bits per heavy atom. The van der Waals surface area contributed by atoms with Gasteiger partial charge in [-0.1, -0.05) is 25.1 Å². The number of carbonyl (C=O) groups is 1. The summed E-state index contributed by atoms with van der Waals surface area (Å²) in [5.74, 6) is 1.91. The summed E-state index contributed by atoms with van der Waals surface area (Å²) in [4.78, 5) is 12.2. The van der Waals surface area contributed by atoms with Gasteiger partial charge in [-0.25, -0.2) is 0 Å². The molecule has 0 radical (unpaired) electrons. The van der Waals surface area contributed by atoms with Crippen LogP contribution in [0.2, 0.25) is 0 Å². The average Bonchev–Trinajstić information content (AvgIpc) is 2.68. The fraction of sp³-hybridized carbons (Fsp3) is 0.409. The molecule has 0 spiro atoms. The Morgan fingerprint density at radius 1 is 0.926 bits per heavy atom. The van der Waals surface area contributed by atoms with E-state index in [4.69, 9.17) is 14.2 Å². The van der Waals surface area contributed by atoms with Gasteiger partial charge in [-0.15, -0.1) is 0 Å². The molecule has 2 aromatic rings. The van der Waals surface area contributed by atoms with Gasteiger partial charge < -0.3 is 19.5 Å². The zero-order valence-corrected chi connectivity index (χ0v) is 16.6. The first-order valence-electron chi connectivity index (χ1n) is 9.48. The van der Waals surface area contributed by atoms with Crippen molar-refractivity contribution in [3.63, 3.8) is 0 Å². The fourth-order valence-electron chi connectivity index (χ4n) is 2.67. The van der Waals surface area contributed by atoms with E-state index in [9.17, 15) is 4.79 Å². The molecule has 27 heavy (non-hydrogen) atoms. The number of rotatable bonds is 10. The molecule has 0 heterocycles. The summed E-state index contributed by atoms with van der Waals surface area (Å²) in [5.41, 5.74) is 2.18. The van der Waals surface area contributed by atoms with Crippen molar-refractivity contribution < 1.29 is 19.0 Å². The molecule has 0 aliphatic heterocycles. The van der Waals surface area contributed by atoms with Gasteiger partial charge in [0.15, 0.2) is 18.1 Å². The van der Waals surface area contributed by atoms with Crippen LogP contribution < -0.4 is 19.5 Å². The standard InChI is InChI=1S/C22H29NO4/c1-5-17-8-11-19(12-9-17)27-15-22(24)23-16(4)18-10-13-20(25-6-2)21(14-18)26-7-3/h8-14,16H,5-7,15H2,1-4H3,(H,23,24)/t16-/m0/s1. The highest BCUT2D eigenvalue weighted by Gasteiger charge is 2.13. The number of amides is 1. The quantitative estimate of drug-likeness (QED) is 0.676. The van der Waals surface area contributed by atoms with Crippen LogP contribution in [-0.2, 0) is 11.2 Å². The lowest BCUT2D eigenvalue weighted by atomic mass is 10.1. The minimum atomic E-state index is -0.172. The Kier molecular flexibility index (Phi) is 7.99. The largest absolute Gasteiger partial charge is 0.490 e. The van der Waals surface area contributed by atoms with E-state index in [1.54, 1.807) is 0 Å². The molecule has 0 aromatic heterocycles. The maximum Gasteiger partial charge on any atom is 0.258 e. The number of ether oxygens (including phenoxy) is 3. The van der Waals surface area contributed by atoms with Crippen molar-refractivity contribution >= 4 is 5.91 Å². The van der Waals surface area contributed by atoms with Crippen molar-refractivity contribution in [1.82, 2.24) is 5.32 Å². The average molecular weight is 371 g/mol. The Morgan fingerprint density at radius 3 is 2.22 bits per heavy atom. The smallest absolute Gasteiger partial charge is 0.258 e. The summed E-state index contributed by atoms with van der Waals surface area (Å²) >= 11 is 0. The maximum absolute atomic E-state index is 12.2. The van der Waals surface area contributed by atoms with E-state index in [1.807, 2.05) is 63.2 Å². The van der Waals surface area contributed by atoms with Gasteiger partial charge in [0, 0.05) is 0 Å². The number of hydrogen-bond acceptors (Lipinski definition) is 4. The lowest BCUT2D eigenvalue weighted by Gasteiger charge is -2.17. The Labute approximate surface area is 161 Å². The van der Waals surface area contributed by atoms with Gasteiger partial charge in [0.2, 0.25) is 0 Å². The van der Waals surface area contributed by atoms with Crippen molar-refractivity contribution in [2.24, 2.45) is 0 Å². The summed E-state index contributed by atoms with van der Waals surface area (Å²) in [6, 6.07) is 13.3. The van der Waals surface area contributed by atoms with Crippen molar-refractivity contribution in [1.29, 1.82) is 0 Å². The van der Waals surface area contributed by atoms with Crippen LogP contribution in [0.1, 0.15) is 44.9 Å². The molecule has 0 aliphatic carbocycles. The molecule has 1 amide bonds. The Bertz CT molecular complexity index is 728. The molecule has 0 aliphatic rings. The van der Waals surface area contributed by atoms with E-state index in [0.717, 1.165) is 12.0 Å². The normalized spacial score (nSPS) is 11.6. The summed E-state index contributed by atoms with van der Waals surface area (Å²) < 4.78 is 16.8. The van der Waals surface area contributed by atoms with Crippen molar-refractivity contribution in [2.45, 2.75) is 40.2 Å². The molecule has 0 unspecified atom stereocenters. The van der Waals surface area contributed by atoms with Crippen LogP contribution in [0.25, 0.3) is 0 Å². The van der Waals surface area contributed by atoms with Crippen molar-refractivity contribution in [2.75, 3.05) is 19.8 Å². The molecular formula is C22H29NO4. The highest BCUT2D eigenvalue weighted by molar-refractivity contribution is 5.78. The highest BCUT2D eigenvalue weighted by Crippen LogP contribution is 2.30. The summed E-state index contributed by atoms with van der Waals surface area (Å²) in [6.45, 7) is 8.99. The zero-order chi connectivity index (χ0) is 19.6. The molecule has 0 bridgehead atoms. The molecule has 1 N–H and O–H groups in total. The van der Waals surface area contributed by atoms with Crippen LogP contribution >= 0.6 is 0 Å². The van der Waals surface area contributed by atoms with Crippen LogP contribution in [0.3, 0.4) is 0 Å². The van der Waals surface area contributed by atoms with Crippen LogP contribution in [0, 0.1) is 0 Å². The van der Waals surface area contributed by atoms with Gasteiger partial charge in [-0.05, 0) is 62.6 Å². The molecule has 5 nitrogen and oxygen atoms in total. The van der Waals surface area contributed by atoms with Crippen LogP contribution in [0.5, 0.6) is 17.2 Å². The van der Waals surface area contributed by atoms with Gasteiger partial charge in [0.1, 0.15) is 5.75 Å². The highest BCUT2D eigenvalue weighted by atomic mass is 16.5. The molecule has 0 saturated heterocycles. The fourth-order valence-corrected chi connectivity index (χ4v) is 2.67. The summed E-state index contributed by atoms with van der Waals surface area (Å²) in [5, 5.41) is 2.95. The summed E-state index contributed by atoms with van der Waals surface area (Å²) in [6.07, 6.45) is 0.976. The second-order valence-corrected chi connectivity index (χ2v) is 6.15. The Balaban J connectivity index is 1.93. The molecular weight excluding hydrogens is 342 g/mol. The van der Waals surface area contributed by atoms with E-state index in [0.29, 0.717) is 30.5 Å². The van der Waals surface area contributed by atoms with Crippen molar-refractivity contribution in [3.05, 3.63) is 53.6 Å². The second kappa shape index (κ2) is 10.5. The topological polar surface area (TPSA) is 56.8 Å². The van der Waals surface area contributed by atoms with Crippen LogP contribution in [-0.4, -0.2) is 25.7 Å². The van der Waals surface area contributed by atoms with Gasteiger partial charge in [0.25, 0.3) is 5.91 Å². The van der Waals surface area contributed by atoms with E-state index in [2.05, 4.69) is 12.2 Å². The predicted octanol–water partition coefficient (Wildman–Crippen LogP) is 4.30.